The topological polar surface area (TPSA) is 82.5 Å². The summed E-state index contributed by atoms with van der Waals surface area (Å²) >= 11 is 1.20. The van der Waals surface area contributed by atoms with Gasteiger partial charge in [-0.15, -0.1) is 11.3 Å². The zero-order chi connectivity index (χ0) is 18.5. The number of thiazole rings is 1. The Kier molecular flexibility index (Phi) is 5.28. The van der Waals surface area contributed by atoms with Gasteiger partial charge < -0.3 is 15.3 Å². The zero-order valence-corrected chi connectivity index (χ0v) is 14.9. The molecule has 0 atom stereocenters. The fraction of sp³-hybridized carbons (Fsp3) is 0.105. The molecule has 2 aromatic carbocycles. The molecular weight excluding hydrogens is 350 g/mol. The monoisotopic (exact) mass is 367 g/mol. The summed E-state index contributed by atoms with van der Waals surface area (Å²) in [5, 5.41) is 14.0. The number of aromatic hydroxyl groups is 1. The van der Waals surface area contributed by atoms with Crippen LogP contribution in [0.25, 0.3) is 0 Å². The van der Waals surface area contributed by atoms with Gasteiger partial charge in [-0.1, -0.05) is 30.3 Å². The van der Waals surface area contributed by atoms with Gasteiger partial charge in [0.15, 0.2) is 5.13 Å². The van der Waals surface area contributed by atoms with E-state index in [1.165, 1.54) is 28.4 Å². The van der Waals surface area contributed by atoms with Crippen LogP contribution in [-0.4, -0.2) is 29.0 Å². The molecule has 0 aliphatic rings. The van der Waals surface area contributed by atoms with Gasteiger partial charge in [0.05, 0.1) is 6.42 Å². The maximum Gasteiger partial charge on any atom is 0.277 e. The second-order valence-electron chi connectivity index (χ2n) is 5.63. The van der Waals surface area contributed by atoms with Gasteiger partial charge in [-0.3, -0.25) is 9.59 Å². The molecular formula is C19H17N3O3S. The number of anilines is 2. The summed E-state index contributed by atoms with van der Waals surface area (Å²) in [5.74, 6) is -0.349. The molecule has 132 valence electrons. The predicted octanol–water partition coefficient (Wildman–Crippen LogP) is 3.31. The van der Waals surface area contributed by atoms with E-state index in [-0.39, 0.29) is 29.7 Å². The molecule has 0 spiro atoms. The van der Waals surface area contributed by atoms with Gasteiger partial charge in [0, 0.05) is 18.1 Å². The summed E-state index contributed by atoms with van der Waals surface area (Å²) in [5.41, 5.74) is 1.79. The summed E-state index contributed by atoms with van der Waals surface area (Å²) < 4.78 is 0. The van der Waals surface area contributed by atoms with E-state index < -0.39 is 0 Å². The Hall–Kier alpha value is -3.19. The van der Waals surface area contributed by atoms with Crippen LogP contribution in [0, 0.1) is 0 Å². The van der Waals surface area contributed by atoms with Crippen LogP contribution in [0.3, 0.4) is 0 Å². The number of aromatic nitrogens is 1. The van der Waals surface area contributed by atoms with Crippen LogP contribution in [0.5, 0.6) is 5.75 Å². The van der Waals surface area contributed by atoms with Gasteiger partial charge in [0.1, 0.15) is 11.4 Å². The minimum atomic E-state index is -0.296. The average Bonchev–Trinajstić information content (AvgIpc) is 3.10. The van der Waals surface area contributed by atoms with Crippen LogP contribution in [0.4, 0.5) is 10.8 Å². The first-order valence-electron chi connectivity index (χ1n) is 7.89. The van der Waals surface area contributed by atoms with Crippen LogP contribution in [0.2, 0.25) is 0 Å². The average molecular weight is 367 g/mol. The van der Waals surface area contributed by atoms with E-state index in [2.05, 4.69) is 10.3 Å². The summed E-state index contributed by atoms with van der Waals surface area (Å²) in [7, 11) is 1.63. The minimum Gasteiger partial charge on any atom is -0.508 e. The highest BCUT2D eigenvalue weighted by Gasteiger charge is 2.17. The maximum atomic E-state index is 12.5. The maximum absolute atomic E-state index is 12.5. The largest absolute Gasteiger partial charge is 0.508 e. The lowest BCUT2D eigenvalue weighted by Gasteiger charge is -2.15. The molecule has 26 heavy (non-hydrogen) atoms. The third-order valence-electron chi connectivity index (χ3n) is 3.72. The standard InChI is InChI=1S/C19H17N3O3S/c1-22(14-7-9-15(23)10-8-14)18(25)16-12-26-19(20-16)21-17(24)11-13-5-3-2-4-6-13/h2-10,12,23H,11H2,1H3,(H,20,21,24). The van der Waals surface area contributed by atoms with Crippen molar-refractivity contribution in [1.82, 2.24) is 4.98 Å². The van der Waals surface area contributed by atoms with Crippen molar-refractivity contribution >= 4 is 34.0 Å². The van der Waals surface area contributed by atoms with Gasteiger partial charge in [-0.05, 0) is 29.8 Å². The molecule has 3 rings (SSSR count). The molecule has 0 unspecified atom stereocenters. The van der Waals surface area contributed by atoms with Crippen molar-refractivity contribution in [3.8, 4) is 5.75 Å². The highest BCUT2D eigenvalue weighted by Crippen LogP contribution is 2.21. The normalized spacial score (nSPS) is 10.3. The van der Waals surface area contributed by atoms with Crippen molar-refractivity contribution in [2.45, 2.75) is 6.42 Å². The highest BCUT2D eigenvalue weighted by molar-refractivity contribution is 7.14. The third kappa shape index (κ3) is 4.25. The molecule has 0 saturated heterocycles. The number of nitrogens with zero attached hydrogens (tertiary/aromatic N) is 2. The van der Waals surface area contributed by atoms with Crippen LogP contribution < -0.4 is 10.2 Å². The second-order valence-corrected chi connectivity index (χ2v) is 6.49. The van der Waals surface area contributed by atoms with Crippen molar-refractivity contribution in [3.05, 3.63) is 71.2 Å². The smallest absolute Gasteiger partial charge is 0.277 e. The quantitative estimate of drug-likeness (QED) is 0.725. The number of benzene rings is 2. The van der Waals surface area contributed by atoms with Crippen molar-refractivity contribution < 1.29 is 14.7 Å². The predicted molar refractivity (Wildman–Crippen MR) is 102 cm³/mol. The van der Waals surface area contributed by atoms with E-state index in [1.807, 2.05) is 30.3 Å². The number of phenolic OH excluding ortho intramolecular Hbond substituents is 1. The van der Waals surface area contributed by atoms with Gasteiger partial charge in [0.2, 0.25) is 5.91 Å². The number of hydrogen-bond acceptors (Lipinski definition) is 5. The minimum absolute atomic E-state index is 0.131. The van der Waals surface area contributed by atoms with E-state index in [9.17, 15) is 14.7 Å². The Morgan fingerprint density at radius 2 is 1.81 bits per heavy atom. The van der Waals surface area contributed by atoms with E-state index in [4.69, 9.17) is 0 Å². The van der Waals surface area contributed by atoms with Crippen LogP contribution in [0.1, 0.15) is 16.1 Å². The first-order chi connectivity index (χ1) is 12.5. The number of phenols is 1. The molecule has 0 radical (unpaired) electrons. The molecule has 6 nitrogen and oxygen atoms in total. The molecule has 7 heteroatoms. The molecule has 0 fully saturated rings. The third-order valence-corrected chi connectivity index (χ3v) is 4.48. The molecule has 2 N–H and O–H groups in total. The van der Waals surface area contributed by atoms with Crippen molar-refractivity contribution in [1.29, 1.82) is 0 Å². The van der Waals surface area contributed by atoms with Crippen molar-refractivity contribution in [2.75, 3.05) is 17.3 Å². The van der Waals surface area contributed by atoms with Gasteiger partial charge >= 0.3 is 0 Å². The molecule has 1 aromatic heterocycles. The number of hydrogen-bond donors (Lipinski definition) is 2. The molecule has 0 bridgehead atoms. The van der Waals surface area contributed by atoms with Crippen LogP contribution in [-0.2, 0) is 11.2 Å². The van der Waals surface area contributed by atoms with Crippen LogP contribution >= 0.6 is 11.3 Å². The van der Waals surface area contributed by atoms with Crippen molar-refractivity contribution in [2.24, 2.45) is 0 Å². The summed E-state index contributed by atoms with van der Waals surface area (Å²) in [6, 6.07) is 15.7. The number of amides is 2. The van der Waals surface area contributed by atoms with Gasteiger partial charge in [-0.2, -0.15) is 0 Å². The summed E-state index contributed by atoms with van der Waals surface area (Å²) in [4.78, 5) is 30.2. The number of nitrogens with one attached hydrogen (secondary N) is 1. The lowest BCUT2D eigenvalue weighted by molar-refractivity contribution is -0.115. The van der Waals surface area contributed by atoms with E-state index in [0.717, 1.165) is 5.56 Å². The first-order valence-corrected chi connectivity index (χ1v) is 8.77. The Morgan fingerprint density at radius 3 is 2.50 bits per heavy atom. The Morgan fingerprint density at radius 1 is 1.12 bits per heavy atom. The molecule has 0 aliphatic carbocycles. The molecule has 0 saturated carbocycles. The Balaban J connectivity index is 1.64. The summed E-state index contributed by atoms with van der Waals surface area (Å²) in [6.45, 7) is 0. The number of carbonyl (C=O) groups excluding carboxylic acids is 2. The van der Waals surface area contributed by atoms with E-state index >= 15 is 0 Å². The molecule has 0 aliphatic heterocycles. The number of rotatable bonds is 5. The highest BCUT2D eigenvalue weighted by atomic mass is 32.1. The molecule has 3 aromatic rings. The molecule has 2 amide bonds. The van der Waals surface area contributed by atoms with Gasteiger partial charge in [-0.25, -0.2) is 4.98 Å². The fourth-order valence-electron chi connectivity index (χ4n) is 2.34. The second kappa shape index (κ2) is 7.79. The van der Waals surface area contributed by atoms with Gasteiger partial charge in [0.25, 0.3) is 5.91 Å². The van der Waals surface area contributed by atoms with Crippen molar-refractivity contribution in [3.63, 3.8) is 0 Å². The zero-order valence-electron chi connectivity index (χ0n) is 14.0. The summed E-state index contributed by atoms with van der Waals surface area (Å²) in [6.07, 6.45) is 0.247. The number of carbonyl (C=O) groups is 2. The lowest BCUT2D eigenvalue weighted by atomic mass is 10.1. The molecule has 1 heterocycles. The van der Waals surface area contributed by atoms with E-state index in [0.29, 0.717) is 10.8 Å². The Bertz CT molecular complexity index is 907. The van der Waals surface area contributed by atoms with E-state index in [1.54, 1.807) is 24.6 Å². The Labute approximate surface area is 154 Å². The fourth-order valence-corrected chi connectivity index (χ4v) is 3.04. The SMILES string of the molecule is CN(C(=O)c1csc(NC(=O)Cc2ccccc2)n1)c1ccc(O)cc1. The lowest BCUT2D eigenvalue weighted by Crippen LogP contribution is -2.26. The van der Waals surface area contributed by atoms with Crippen LogP contribution in [0.15, 0.2) is 60.0 Å². The first kappa shape index (κ1) is 17.6.